The van der Waals surface area contributed by atoms with E-state index in [1.165, 1.54) is 0 Å². The second-order valence-corrected chi connectivity index (χ2v) is 2.99. The van der Waals surface area contributed by atoms with Crippen LogP contribution in [-0.4, -0.2) is 24.7 Å². The number of nitrogens with zero attached hydrogens (tertiary/aromatic N) is 2. The molecular weight excluding hydrogens is 190 g/mol. The molecule has 80 valence electrons. The molecule has 0 aliphatic heterocycles. The van der Waals surface area contributed by atoms with Crippen LogP contribution in [-0.2, 0) is 4.74 Å². The van der Waals surface area contributed by atoms with Crippen LogP contribution in [0.25, 0.3) is 0 Å². The van der Waals surface area contributed by atoms with E-state index in [4.69, 9.17) is 10.00 Å². The number of hydrogen-bond acceptors (Lipinski definition) is 4. The Hall–Kier alpha value is -1.60. The number of rotatable bonds is 6. The summed E-state index contributed by atoms with van der Waals surface area (Å²) in [5, 5.41) is 11.9. The van der Waals surface area contributed by atoms with Gasteiger partial charge in [-0.05, 0) is 25.5 Å². The van der Waals surface area contributed by atoms with Gasteiger partial charge in [0.15, 0.2) is 0 Å². The average Bonchev–Trinajstić information content (AvgIpc) is 2.29. The molecule has 4 heteroatoms. The highest BCUT2D eigenvalue weighted by molar-refractivity contribution is 5.50. The van der Waals surface area contributed by atoms with E-state index in [2.05, 4.69) is 16.4 Å². The zero-order valence-corrected chi connectivity index (χ0v) is 8.86. The Bertz CT molecular complexity index is 333. The highest BCUT2D eigenvalue weighted by Crippen LogP contribution is 2.08. The van der Waals surface area contributed by atoms with Gasteiger partial charge in [0.05, 0.1) is 5.56 Å². The molecule has 1 N–H and O–H groups in total. The minimum Gasteiger partial charge on any atom is -0.382 e. The molecule has 0 saturated carbocycles. The van der Waals surface area contributed by atoms with Crippen molar-refractivity contribution in [2.75, 3.05) is 25.1 Å². The molecule has 0 aliphatic carbocycles. The Morgan fingerprint density at radius 2 is 2.47 bits per heavy atom. The Labute approximate surface area is 89.9 Å². The molecule has 0 fully saturated rings. The predicted octanol–water partition coefficient (Wildman–Crippen LogP) is 1.79. The van der Waals surface area contributed by atoms with Gasteiger partial charge in [-0.25, -0.2) is 4.98 Å². The number of hydrogen-bond donors (Lipinski definition) is 1. The van der Waals surface area contributed by atoms with Gasteiger partial charge >= 0.3 is 0 Å². The van der Waals surface area contributed by atoms with Crippen LogP contribution in [0.1, 0.15) is 18.9 Å². The zero-order valence-electron chi connectivity index (χ0n) is 8.86. The number of anilines is 1. The fourth-order valence-corrected chi connectivity index (χ4v) is 1.16. The molecule has 4 nitrogen and oxygen atoms in total. The summed E-state index contributed by atoms with van der Waals surface area (Å²) in [5.74, 6) is 0.650. The minimum absolute atomic E-state index is 0.578. The number of nitriles is 1. The van der Waals surface area contributed by atoms with Crippen LogP contribution < -0.4 is 5.32 Å². The standard InChI is InChI=1S/C11H15N3O/c1-2-15-8-4-7-14-11-10(9-12)5-3-6-13-11/h3,5-6H,2,4,7-8H2,1H3,(H,13,14). The fraction of sp³-hybridized carbons (Fsp3) is 0.455. The third kappa shape index (κ3) is 3.96. The van der Waals surface area contributed by atoms with Gasteiger partial charge < -0.3 is 10.1 Å². The monoisotopic (exact) mass is 205 g/mol. The summed E-state index contributed by atoms with van der Waals surface area (Å²) < 4.78 is 5.20. The second kappa shape index (κ2) is 6.80. The van der Waals surface area contributed by atoms with Crippen molar-refractivity contribution in [3.05, 3.63) is 23.9 Å². The van der Waals surface area contributed by atoms with Crippen molar-refractivity contribution in [1.82, 2.24) is 4.98 Å². The van der Waals surface area contributed by atoms with Crippen LogP contribution in [0, 0.1) is 11.3 Å². The lowest BCUT2D eigenvalue weighted by Crippen LogP contribution is -2.07. The first-order chi connectivity index (χ1) is 7.38. The second-order valence-electron chi connectivity index (χ2n) is 2.99. The highest BCUT2D eigenvalue weighted by Gasteiger charge is 2.00. The van der Waals surface area contributed by atoms with Crippen LogP contribution in [0.15, 0.2) is 18.3 Å². The van der Waals surface area contributed by atoms with Gasteiger partial charge in [-0.15, -0.1) is 0 Å². The largest absolute Gasteiger partial charge is 0.382 e. The van der Waals surface area contributed by atoms with E-state index in [1.807, 2.05) is 6.92 Å². The van der Waals surface area contributed by atoms with Gasteiger partial charge in [-0.1, -0.05) is 0 Å². The lowest BCUT2D eigenvalue weighted by atomic mass is 10.3. The Balaban J connectivity index is 2.34. The number of nitrogens with one attached hydrogen (secondary N) is 1. The van der Waals surface area contributed by atoms with Gasteiger partial charge in [0.2, 0.25) is 0 Å². The Kier molecular flexibility index (Phi) is 5.20. The molecular formula is C11H15N3O. The van der Waals surface area contributed by atoms with Crippen molar-refractivity contribution in [3.63, 3.8) is 0 Å². The number of aromatic nitrogens is 1. The molecule has 0 aliphatic rings. The topological polar surface area (TPSA) is 57.9 Å². The summed E-state index contributed by atoms with van der Waals surface area (Å²) in [6, 6.07) is 5.59. The first-order valence-electron chi connectivity index (χ1n) is 5.05. The van der Waals surface area contributed by atoms with Gasteiger partial charge in [0, 0.05) is 26.0 Å². The van der Waals surface area contributed by atoms with Gasteiger partial charge in [-0.2, -0.15) is 5.26 Å². The van der Waals surface area contributed by atoms with Crippen molar-refractivity contribution in [2.24, 2.45) is 0 Å². The van der Waals surface area contributed by atoms with Crippen LogP contribution in [0.3, 0.4) is 0 Å². The van der Waals surface area contributed by atoms with Crippen LogP contribution in [0.4, 0.5) is 5.82 Å². The van der Waals surface area contributed by atoms with Crippen LogP contribution >= 0.6 is 0 Å². The maximum Gasteiger partial charge on any atom is 0.143 e. The average molecular weight is 205 g/mol. The van der Waals surface area contributed by atoms with Gasteiger partial charge in [0.1, 0.15) is 11.9 Å². The van der Waals surface area contributed by atoms with E-state index < -0.39 is 0 Å². The normalized spacial score (nSPS) is 9.60. The fourth-order valence-electron chi connectivity index (χ4n) is 1.16. The van der Waals surface area contributed by atoms with E-state index >= 15 is 0 Å². The lowest BCUT2D eigenvalue weighted by Gasteiger charge is -2.06. The molecule has 1 aromatic heterocycles. The smallest absolute Gasteiger partial charge is 0.143 e. The van der Waals surface area contributed by atoms with Crippen molar-refractivity contribution in [2.45, 2.75) is 13.3 Å². The van der Waals surface area contributed by atoms with Crippen molar-refractivity contribution < 1.29 is 4.74 Å². The molecule has 0 atom stereocenters. The molecule has 0 radical (unpaired) electrons. The Morgan fingerprint density at radius 1 is 1.60 bits per heavy atom. The van der Waals surface area contributed by atoms with Crippen molar-refractivity contribution >= 4 is 5.82 Å². The summed E-state index contributed by atoms with van der Waals surface area (Å²) in [4.78, 5) is 4.09. The Morgan fingerprint density at radius 3 is 3.20 bits per heavy atom. The summed E-state index contributed by atoms with van der Waals surface area (Å²) in [7, 11) is 0. The molecule has 1 rings (SSSR count). The van der Waals surface area contributed by atoms with E-state index in [0.29, 0.717) is 11.4 Å². The van der Waals surface area contributed by atoms with E-state index in [9.17, 15) is 0 Å². The molecule has 1 heterocycles. The van der Waals surface area contributed by atoms with Crippen LogP contribution in [0.5, 0.6) is 0 Å². The molecule has 0 aromatic carbocycles. The number of ether oxygens (including phenoxy) is 1. The predicted molar refractivity (Wildman–Crippen MR) is 58.6 cm³/mol. The molecule has 0 spiro atoms. The number of pyridine rings is 1. The van der Waals surface area contributed by atoms with Gasteiger partial charge in [-0.3, -0.25) is 0 Å². The molecule has 0 unspecified atom stereocenters. The van der Waals surface area contributed by atoms with E-state index in [0.717, 1.165) is 26.2 Å². The maximum atomic E-state index is 8.80. The van der Waals surface area contributed by atoms with E-state index in [-0.39, 0.29) is 0 Å². The zero-order chi connectivity index (χ0) is 10.9. The third-order valence-corrected chi connectivity index (χ3v) is 1.89. The van der Waals surface area contributed by atoms with Crippen molar-refractivity contribution in [3.8, 4) is 6.07 Å². The molecule has 1 aromatic rings. The summed E-state index contributed by atoms with van der Waals surface area (Å²) in [5.41, 5.74) is 0.578. The quantitative estimate of drug-likeness (QED) is 0.719. The highest BCUT2D eigenvalue weighted by atomic mass is 16.5. The summed E-state index contributed by atoms with van der Waals surface area (Å²) in [6.45, 7) is 4.22. The van der Waals surface area contributed by atoms with Crippen LogP contribution in [0.2, 0.25) is 0 Å². The minimum atomic E-state index is 0.578. The van der Waals surface area contributed by atoms with Gasteiger partial charge in [0.25, 0.3) is 0 Å². The van der Waals surface area contributed by atoms with E-state index in [1.54, 1.807) is 18.3 Å². The first-order valence-corrected chi connectivity index (χ1v) is 5.05. The maximum absolute atomic E-state index is 8.80. The SMILES string of the molecule is CCOCCCNc1ncccc1C#N. The first kappa shape index (κ1) is 11.5. The summed E-state index contributed by atoms with van der Waals surface area (Å²) in [6.07, 6.45) is 2.58. The molecule has 0 saturated heterocycles. The third-order valence-electron chi connectivity index (χ3n) is 1.89. The lowest BCUT2D eigenvalue weighted by molar-refractivity contribution is 0.147. The summed E-state index contributed by atoms with van der Waals surface area (Å²) >= 11 is 0. The van der Waals surface area contributed by atoms with Crippen molar-refractivity contribution in [1.29, 1.82) is 5.26 Å². The molecule has 0 amide bonds. The molecule has 15 heavy (non-hydrogen) atoms. The molecule has 0 bridgehead atoms.